The first-order valence-electron chi connectivity index (χ1n) is 4.40. The second kappa shape index (κ2) is 3.61. The molecule has 0 amide bonds. The van der Waals surface area contributed by atoms with Gasteiger partial charge in [-0.05, 0) is 6.42 Å². The molecule has 0 aromatic carbocycles. The van der Waals surface area contributed by atoms with Gasteiger partial charge in [-0.2, -0.15) is 4.98 Å². The molecule has 1 aromatic rings. The number of oxazole rings is 1. The molecule has 0 unspecified atom stereocenters. The number of rotatable bonds is 3. The molecule has 12 heavy (non-hydrogen) atoms. The van der Waals surface area contributed by atoms with Gasteiger partial charge in [0.25, 0.3) is 6.01 Å². The van der Waals surface area contributed by atoms with Gasteiger partial charge in [0.1, 0.15) is 5.76 Å². The summed E-state index contributed by atoms with van der Waals surface area (Å²) in [6.07, 6.45) is 2.03. The van der Waals surface area contributed by atoms with E-state index in [-0.39, 0.29) is 0 Å². The lowest BCUT2D eigenvalue weighted by atomic mass is 10.1. The number of anilines is 1. The maximum atomic E-state index is 5.47. The zero-order chi connectivity index (χ0) is 9.14. The topological polar surface area (TPSA) is 52.0 Å². The van der Waals surface area contributed by atoms with Crippen LogP contribution in [0.15, 0.2) is 4.42 Å². The summed E-state index contributed by atoms with van der Waals surface area (Å²) in [7, 11) is 0. The quantitative estimate of drug-likeness (QED) is 0.753. The van der Waals surface area contributed by atoms with Crippen LogP contribution in [0.25, 0.3) is 0 Å². The molecular weight excluding hydrogens is 152 g/mol. The van der Waals surface area contributed by atoms with Crippen LogP contribution in [0.5, 0.6) is 0 Å². The van der Waals surface area contributed by atoms with Crippen molar-refractivity contribution in [1.29, 1.82) is 0 Å². The zero-order valence-corrected chi connectivity index (χ0v) is 7.92. The van der Waals surface area contributed by atoms with Gasteiger partial charge in [-0.3, -0.25) is 0 Å². The fraction of sp³-hybridized carbons (Fsp3) is 0.667. The van der Waals surface area contributed by atoms with E-state index in [0.717, 1.165) is 24.3 Å². The van der Waals surface area contributed by atoms with Crippen LogP contribution in [0.2, 0.25) is 0 Å². The third-order valence-corrected chi connectivity index (χ3v) is 1.76. The maximum Gasteiger partial charge on any atom is 0.292 e. The fourth-order valence-corrected chi connectivity index (χ4v) is 1.25. The van der Waals surface area contributed by atoms with Crippen molar-refractivity contribution in [3.63, 3.8) is 0 Å². The average Bonchev–Trinajstić information content (AvgIpc) is 2.32. The van der Waals surface area contributed by atoms with Crippen molar-refractivity contribution in [3.8, 4) is 0 Å². The molecule has 0 fully saturated rings. The first-order chi connectivity index (χ1) is 5.65. The van der Waals surface area contributed by atoms with Crippen LogP contribution in [-0.4, -0.2) is 4.98 Å². The van der Waals surface area contributed by atoms with Crippen LogP contribution in [0.3, 0.4) is 0 Å². The summed E-state index contributed by atoms with van der Waals surface area (Å²) in [6, 6.07) is 0.294. The summed E-state index contributed by atoms with van der Waals surface area (Å²) < 4.78 is 5.30. The molecule has 3 nitrogen and oxygen atoms in total. The summed E-state index contributed by atoms with van der Waals surface area (Å²) >= 11 is 0. The highest BCUT2D eigenvalue weighted by Crippen LogP contribution is 2.22. The van der Waals surface area contributed by atoms with Crippen molar-refractivity contribution in [2.24, 2.45) is 0 Å². The van der Waals surface area contributed by atoms with Gasteiger partial charge in [-0.1, -0.05) is 27.2 Å². The first kappa shape index (κ1) is 9.10. The Morgan fingerprint density at radius 3 is 2.67 bits per heavy atom. The van der Waals surface area contributed by atoms with Crippen LogP contribution in [0.1, 0.15) is 44.6 Å². The van der Waals surface area contributed by atoms with E-state index in [0.29, 0.717) is 11.9 Å². The maximum absolute atomic E-state index is 5.47. The van der Waals surface area contributed by atoms with Crippen molar-refractivity contribution in [3.05, 3.63) is 11.5 Å². The van der Waals surface area contributed by atoms with E-state index in [1.54, 1.807) is 0 Å². The number of aryl methyl sites for hydroxylation is 1. The van der Waals surface area contributed by atoms with Crippen molar-refractivity contribution in [1.82, 2.24) is 4.98 Å². The zero-order valence-electron chi connectivity index (χ0n) is 7.92. The van der Waals surface area contributed by atoms with Gasteiger partial charge in [-0.25, -0.2) is 0 Å². The molecule has 0 aliphatic rings. The van der Waals surface area contributed by atoms with Gasteiger partial charge >= 0.3 is 0 Å². The van der Waals surface area contributed by atoms with Crippen molar-refractivity contribution in [2.45, 2.75) is 39.5 Å². The molecule has 0 aliphatic heterocycles. The van der Waals surface area contributed by atoms with E-state index in [1.807, 2.05) is 0 Å². The van der Waals surface area contributed by atoms with E-state index in [4.69, 9.17) is 10.2 Å². The summed E-state index contributed by atoms with van der Waals surface area (Å²) in [5, 5.41) is 0. The van der Waals surface area contributed by atoms with Gasteiger partial charge in [-0.15, -0.1) is 0 Å². The largest absolute Gasteiger partial charge is 0.428 e. The molecule has 1 rings (SSSR count). The predicted molar refractivity (Wildman–Crippen MR) is 49.0 cm³/mol. The first-order valence-corrected chi connectivity index (χ1v) is 4.40. The van der Waals surface area contributed by atoms with Gasteiger partial charge in [0, 0.05) is 5.92 Å². The molecule has 0 saturated carbocycles. The lowest BCUT2D eigenvalue weighted by molar-refractivity contribution is 0.494. The van der Waals surface area contributed by atoms with Gasteiger partial charge < -0.3 is 10.2 Å². The summed E-state index contributed by atoms with van der Waals surface area (Å²) in [5.74, 6) is 1.31. The molecule has 0 atom stereocenters. The minimum atomic E-state index is 0.294. The summed E-state index contributed by atoms with van der Waals surface area (Å²) in [6.45, 7) is 6.28. The lowest BCUT2D eigenvalue weighted by Crippen LogP contribution is -1.92. The van der Waals surface area contributed by atoms with Crippen LogP contribution in [-0.2, 0) is 6.42 Å². The van der Waals surface area contributed by atoms with Crippen molar-refractivity contribution in [2.75, 3.05) is 5.73 Å². The molecular formula is C9H16N2O. The Bertz CT molecular complexity index is 253. The van der Waals surface area contributed by atoms with E-state index < -0.39 is 0 Å². The Hall–Kier alpha value is -0.990. The Balaban J connectivity index is 2.92. The minimum absolute atomic E-state index is 0.294. The van der Waals surface area contributed by atoms with Crippen molar-refractivity contribution >= 4 is 6.01 Å². The number of nitrogens with two attached hydrogens (primary N) is 1. The van der Waals surface area contributed by atoms with Crippen LogP contribution < -0.4 is 5.73 Å². The van der Waals surface area contributed by atoms with E-state index in [2.05, 4.69) is 25.8 Å². The lowest BCUT2D eigenvalue weighted by Gasteiger charge is -2.01. The van der Waals surface area contributed by atoms with Gasteiger partial charge in [0.15, 0.2) is 0 Å². The minimum Gasteiger partial charge on any atom is -0.428 e. The highest BCUT2D eigenvalue weighted by atomic mass is 16.4. The summed E-state index contributed by atoms with van der Waals surface area (Å²) in [5.41, 5.74) is 6.49. The van der Waals surface area contributed by atoms with E-state index in [9.17, 15) is 0 Å². The normalized spacial score (nSPS) is 11.0. The highest BCUT2D eigenvalue weighted by molar-refractivity contribution is 5.22. The molecule has 1 heterocycles. The van der Waals surface area contributed by atoms with Crippen LogP contribution in [0.4, 0.5) is 6.01 Å². The van der Waals surface area contributed by atoms with Crippen LogP contribution in [0, 0.1) is 0 Å². The third kappa shape index (κ3) is 1.78. The average molecular weight is 168 g/mol. The molecule has 0 bridgehead atoms. The molecule has 0 spiro atoms. The molecule has 3 heteroatoms. The predicted octanol–water partition coefficient (Wildman–Crippen LogP) is 2.33. The Morgan fingerprint density at radius 1 is 1.50 bits per heavy atom. The number of hydrogen-bond acceptors (Lipinski definition) is 3. The second-order valence-electron chi connectivity index (χ2n) is 3.27. The second-order valence-corrected chi connectivity index (χ2v) is 3.27. The molecule has 2 N–H and O–H groups in total. The van der Waals surface area contributed by atoms with Gasteiger partial charge in [0.2, 0.25) is 0 Å². The molecule has 0 aliphatic carbocycles. The van der Waals surface area contributed by atoms with Gasteiger partial charge in [0.05, 0.1) is 5.69 Å². The fourth-order valence-electron chi connectivity index (χ4n) is 1.25. The monoisotopic (exact) mass is 168 g/mol. The number of aromatic nitrogens is 1. The SMILES string of the molecule is CCCc1nc(N)oc1C(C)C. The number of nitrogen functional groups attached to an aromatic ring is 1. The van der Waals surface area contributed by atoms with Crippen molar-refractivity contribution < 1.29 is 4.42 Å². The molecule has 0 saturated heterocycles. The van der Waals surface area contributed by atoms with E-state index >= 15 is 0 Å². The molecule has 68 valence electrons. The Kier molecular flexibility index (Phi) is 2.74. The third-order valence-electron chi connectivity index (χ3n) is 1.76. The molecule has 0 radical (unpaired) electrons. The number of nitrogens with zero attached hydrogens (tertiary/aromatic N) is 1. The Labute approximate surface area is 73.0 Å². The van der Waals surface area contributed by atoms with E-state index in [1.165, 1.54) is 0 Å². The molecule has 1 aromatic heterocycles. The van der Waals surface area contributed by atoms with Crippen LogP contribution >= 0.6 is 0 Å². The summed E-state index contributed by atoms with van der Waals surface area (Å²) in [4.78, 5) is 4.13. The Morgan fingerprint density at radius 2 is 2.17 bits per heavy atom. The smallest absolute Gasteiger partial charge is 0.292 e. The standard InChI is InChI=1S/C9H16N2O/c1-4-5-7-8(6(2)3)12-9(10)11-7/h6H,4-5H2,1-3H3,(H2,10,11). The number of hydrogen-bond donors (Lipinski definition) is 1. The highest BCUT2D eigenvalue weighted by Gasteiger charge is 2.13.